The summed E-state index contributed by atoms with van der Waals surface area (Å²) < 4.78 is 0. The maximum absolute atomic E-state index is 11.1. The number of carboxylic acid groups (broad SMARTS) is 1. The number of rotatable bonds is 5. The average molecular weight is 455 g/mol. The third-order valence-corrected chi connectivity index (χ3v) is 11.4. The molecular weight excluding hydrogens is 408 g/mol. The number of carbonyl (C=O) groups is 1. The van der Waals surface area contributed by atoms with E-state index in [0.29, 0.717) is 23.3 Å². The zero-order valence-electron chi connectivity index (χ0n) is 22.0. The lowest BCUT2D eigenvalue weighted by atomic mass is 9.44. The molecule has 0 bridgehead atoms. The maximum atomic E-state index is 11.1. The number of carboxylic acids is 1. The Morgan fingerprint density at radius 2 is 1.82 bits per heavy atom. The Morgan fingerprint density at radius 3 is 2.48 bits per heavy atom. The van der Waals surface area contributed by atoms with Gasteiger partial charge in [0, 0.05) is 5.57 Å². The third-order valence-electron chi connectivity index (χ3n) is 11.4. The molecule has 2 saturated carbocycles. The zero-order chi connectivity index (χ0) is 24.4. The first kappa shape index (κ1) is 24.8. The summed E-state index contributed by atoms with van der Waals surface area (Å²) in [4.78, 5) is 11.1. The van der Waals surface area contributed by atoms with E-state index < -0.39 is 5.97 Å². The van der Waals surface area contributed by atoms with Gasteiger partial charge in [0.1, 0.15) is 0 Å². The minimum absolute atomic E-state index is 0.0498. The van der Waals surface area contributed by atoms with Crippen molar-refractivity contribution >= 4 is 5.97 Å². The molecule has 3 heteroatoms. The first-order valence-corrected chi connectivity index (χ1v) is 13.3. The van der Waals surface area contributed by atoms with Crippen LogP contribution < -0.4 is 0 Å². The van der Waals surface area contributed by atoms with Gasteiger partial charge in [-0.3, -0.25) is 0 Å². The predicted octanol–water partition coefficient (Wildman–Crippen LogP) is 7.32. The zero-order valence-corrected chi connectivity index (χ0v) is 22.0. The number of aliphatic carboxylic acids is 1. The number of hydrogen-bond acceptors (Lipinski definition) is 2. The molecule has 0 unspecified atom stereocenters. The highest BCUT2D eigenvalue weighted by molar-refractivity contribution is 5.85. The van der Waals surface area contributed by atoms with Crippen molar-refractivity contribution in [2.75, 3.05) is 0 Å². The standard InChI is InChI=1S/C30H46O3/c1-19(9-8-10-20(2)26(32)33)21-13-17-30(7)23-11-12-24-27(3,4)25(31)15-16-28(24,5)22(23)14-18-29(21,30)6/h10-11,14,19,21,24-25,31H,8-9,12-13,15-18H2,1-7H3,(H,32,33)/b20-10-/t19-,21-,24+,25+,28-,29-,30+/m1/s1. The molecule has 3 nitrogen and oxygen atoms in total. The molecule has 4 rings (SSSR count). The van der Waals surface area contributed by atoms with Gasteiger partial charge in [-0.05, 0) is 109 Å². The van der Waals surface area contributed by atoms with Crippen molar-refractivity contribution in [1.29, 1.82) is 0 Å². The van der Waals surface area contributed by atoms with Crippen LogP contribution in [0.25, 0.3) is 0 Å². The van der Waals surface area contributed by atoms with Gasteiger partial charge in [0.05, 0.1) is 6.10 Å². The van der Waals surface area contributed by atoms with Crippen LogP contribution in [0.1, 0.15) is 99.8 Å². The van der Waals surface area contributed by atoms with Gasteiger partial charge in [-0.1, -0.05) is 59.8 Å². The van der Waals surface area contributed by atoms with Crippen molar-refractivity contribution in [3.05, 3.63) is 34.9 Å². The Labute approximate surface area is 201 Å². The lowest BCUT2D eigenvalue weighted by Crippen LogP contribution is -2.54. The molecular formula is C30H46O3. The number of fused-ring (bicyclic) bond motifs is 5. The SMILES string of the molecule is C/C(=C/CC[C@@H](C)[C@H]1CC[C@@]2(C)C3=CC[C@H]4C(C)(C)[C@@H](O)CC[C@]4(C)C3=CC[C@]12C)C(=O)O. The normalized spacial score (nSPS) is 43.0. The van der Waals surface area contributed by atoms with E-state index in [4.69, 9.17) is 5.11 Å². The fraction of sp³-hybridized carbons (Fsp3) is 0.767. The Kier molecular flexibility index (Phi) is 6.08. The fourth-order valence-corrected chi connectivity index (χ4v) is 8.80. The minimum atomic E-state index is -0.803. The molecule has 0 aromatic carbocycles. The molecule has 0 aromatic heterocycles. The number of allylic oxidation sites excluding steroid dienone is 5. The molecule has 184 valence electrons. The van der Waals surface area contributed by atoms with Crippen LogP contribution in [0.5, 0.6) is 0 Å². The van der Waals surface area contributed by atoms with Crippen molar-refractivity contribution in [2.24, 2.45) is 39.4 Å². The second-order valence-corrected chi connectivity index (χ2v) is 13.2. The Balaban J connectivity index is 1.61. The molecule has 0 radical (unpaired) electrons. The Bertz CT molecular complexity index is 908. The molecule has 0 heterocycles. The summed E-state index contributed by atoms with van der Waals surface area (Å²) in [6.07, 6.45) is 15.5. The summed E-state index contributed by atoms with van der Waals surface area (Å²) in [7, 11) is 0. The molecule has 0 spiro atoms. The maximum Gasteiger partial charge on any atom is 0.330 e. The molecule has 7 atom stereocenters. The summed E-state index contributed by atoms with van der Waals surface area (Å²) in [5, 5.41) is 19.9. The lowest BCUT2D eigenvalue weighted by molar-refractivity contribution is -0.132. The van der Waals surface area contributed by atoms with Crippen LogP contribution in [0.4, 0.5) is 0 Å². The Morgan fingerprint density at radius 1 is 1.12 bits per heavy atom. The van der Waals surface area contributed by atoms with Gasteiger partial charge < -0.3 is 10.2 Å². The van der Waals surface area contributed by atoms with E-state index in [-0.39, 0.29) is 27.8 Å². The quantitative estimate of drug-likeness (QED) is 0.428. The van der Waals surface area contributed by atoms with Gasteiger partial charge in [0.15, 0.2) is 0 Å². The van der Waals surface area contributed by atoms with Gasteiger partial charge in [-0.2, -0.15) is 0 Å². The van der Waals surface area contributed by atoms with Crippen LogP contribution in [0.2, 0.25) is 0 Å². The van der Waals surface area contributed by atoms with Crippen molar-refractivity contribution < 1.29 is 15.0 Å². The van der Waals surface area contributed by atoms with E-state index in [1.54, 1.807) is 18.1 Å². The highest BCUT2D eigenvalue weighted by atomic mass is 16.4. The van der Waals surface area contributed by atoms with Gasteiger partial charge in [0.2, 0.25) is 0 Å². The molecule has 0 aromatic rings. The second-order valence-electron chi connectivity index (χ2n) is 13.2. The van der Waals surface area contributed by atoms with Gasteiger partial charge >= 0.3 is 5.97 Å². The number of aliphatic hydroxyl groups is 1. The fourth-order valence-electron chi connectivity index (χ4n) is 8.80. The van der Waals surface area contributed by atoms with Gasteiger partial charge in [-0.15, -0.1) is 0 Å². The highest BCUT2D eigenvalue weighted by Gasteiger charge is 2.62. The van der Waals surface area contributed by atoms with Crippen LogP contribution in [-0.4, -0.2) is 22.3 Å². The predicted molar refractivity (Wildman–Crippen MR) is 135 cm³/mol. The smallest absolute Gasteiger partial charge is 0.330 e. The monoisotopic (exact) mass is 454 g/mol. The molecule has 2 fully saturated rings. The van der Waals surface area contributed by atoms with Crippen LogP contribution >= 0.6 is 0 Å². The van der Waals surface area contributed by atoms with Crippen LogP contribution in [0, 0.1) is 39.4 Å². The molecule has 0 amide bonds. The molecule has 2 N–H and O–H groups in total. The Hall–Kier alpha value is -1.35. The molecule has 33 heavy (non-hydrogen) atoms. The van der Waals surface area contributed by atoms with Crippen LogP contribution in [-0.2, 0) is 4.79 Å². The average Bonchev–Trinajstić information content (AvgIpc) is 3.02. The second kappa shape index (κ2) is 8.11. The first-order valence-electron chi connectivity index (χ1n) is 13.3. The molecule has 4 aliphatic carbocycles. The van der Waals surface area contributed by atoms with E-state index in [2.05, 4.69) is 53.7 Å². The van der Waals surface area contributed by atoms with E-state index >= 15 is 0 Å². The molecule has 0 saturated heterocycles. The largest absolute Gasteiger partial charge is 0.478 e. The topological polar surface area (TPSA) is 57.5 Å². The van der Waals surface area contributed by atoms with E-state index in [1.807, 2.05) is 6.08 Å². The van der Waals surface area contributed by atoms with Gasteiger partial charge in [-0.25, -0.2) is 4.79 Å². The van der Waals surface area contributed by atoms with Crippen LogP contribution in [0.15, 0.2) is 34.9 Å². The van der Waals surface area contributed by atoms with Crippen LogP contribution in [0.3, 0.4) is 0 Å². The van der Waals surface area contributed by atoms with E-state index in [0.717, 1.165) is 38.5 Å². The van der Waals surface area contributed by atoms with E-state index in [1.165, 1.54) is 12.8 Å². The highest BCUT2D eigenvalue weighted by Crippen LogP contribution is 2.71. The molecule has 4 aliphatic rings. The first-order chi connectivity index (χ1) is 15.3. The lowest BCUT2D eigenvalue weighted by Gasteiger charge is -2.61. The number of aliphatic hydroxyl groups excluding tert-OH is 1. The van der Waals surface area contributed by atoms with Gasteiger partial charge in [0.25, 0.3) is 0 Å². The summed E-state index contributed by atoms with van der Waals surface area (Å²) in [6, 6.07) is 0. The van der Waals surface area contributed by atoms with Crippen molar-refractivity contribution in [3.8, 4) is 0 Å². The van der Waals surface area contributed by atoms with Crippen molar-refractivity contribution in [3.63, 3.8) is 0 Å². The summed E-state index contributed by atoms with van der Waals surface area (Å²) >= 11 is 0. The minimum Gasteiger partial charge on any atom is -0.478 e. The third kappa shape index (κ3) is 3.51. The summed E-state index contributed by atoms with van der Waals surface area (Å²) in [5.41, 5.74) is 4.26. The van der Waals surface area contributed by atoms with Crippen molar-refractivity contribution in [2.45, 2.75) is 106 Å². The summed E-state index contributed by atoms with van der Waals surface area (Å²) in [5.74, 6) is 0.940. The molecule has 0 aliphatic heterocycles. The summed E-state index contributed by atoms with van der Waals surface area (Å²) in [6.45, 7) is 16.2. The van der Waals surface area contributed by atoms with Crippen molar-refractivity contribution in [1.82, 2.24) is 0 Å². The number of hydrogen-bond donors (Lipinski definition) is 2. The van der Waals surface area contributed by atoms with E-state index in [9.17, 15) is 9.90 Å².